The van der Waals surface area contributed by atoms with Gasteiger partial charge in [0.15, 0.2) is 0 Å². The van der Waals surface area contributed by atoms with Gasteiger partial charge < -0.3 is 10.6 Å². The molecule has 4 heteroatoms. The molecular weight excluding hydrogens is 296 g/mol. The third-order valence-corrected chi connectivity index (χ3v) is 5.24. The molecule has 2 N–H and O–H groups in total. The first-order chi connectivity index (χ1) is 10.5. The van der Waals surface area contributed by atoms with Crippen molar-refractivity contribution in [3.05, 3.63) is 34.9 Å². The van der Waals surface area contributed by atoms with Gasteiger partial charge in [-0.25, -0.2) is 0 Å². The predicted octanol–water partition coefficient (Wildman–Crippen LogP) is 3.93. The van der Waals surface area contributed by atoms with Gasteiger partial charge in [-0.15, -0.1) is 0 Å². The van der Waals surface area contributed by atoms with Crippen LogP contribution in [0.25, 0.3) is 0 Å². The van der Waals surface area contributed by atoms with Crippen molar-refractivity contribution < 1.29 is 4.79 Å². The van der Waals surface area contributed by atoms with Crippen LogP contribution < -0.4 is 10.6 Å². The minimum atomic E-state index is 0.0896. The minimum Gasteiger partial charge on any atom is -0.352 e. The van der Waals surface area contributed by atoms with Crippen LogP contribution in [-0.4, -0.2) is 18.5 Å². The van der Waals surface area contributed by atoms with Gasteiger partial charge in [-0.2, -0.15) is 0 Å². The quantitative estimate of drug-likeness (QED) is 0.862. The molecule has 0 aromatic heterocycles. The Morgan fingerprint density at radius 3 is 2.64 bits per heavy atom. The lowest BCUT2D eigenvalue weighted by atomic mass is 9.78. The SMILES string of the molecule is C[C@@H]1[C@H](C)CCC[C@@H]1NC(=O)CN[C@@H](C)c1ccc(Cl)cc1. The van der Waals surface area contributed by atoms with Crippen molar-refractivity contribution in [1.82, 2.24) is 10.6 Å². The van der Waals surface area contributed by atoms with Crippen LogP contribution in [0.2, 0.25) is 5.02 Å². The topological polar surface area (TPSA) is 41.1 Å². The number of carbonyl (C=O) groups excluding carboxylic acids is 1. The molecule has 1 aromatic rings. The molecule has 4 atom stereocenters. The van der Waals surface area contributed by atoms with E-state index in [1.165, 1.54) is 12.8 Å². The fourth-order valence-electron chi connectivity index (χ4n) is 3.16. The lowest BCUT2D eigenvalue weighted by Crippen LogP contribution is -2.46. The standard InChI is InChI=1S/C18H27ClN2O/c1-12-5-4-6-17(13(12)2)21-18(22)11-20-14(3)15-7-9-16(19)10-8-15/h7-10,12-14,17,20H,4-6,11H2,1-3H3,(H,21,22)/t12-,13-,14+,17+/m1/s1. The zero-order valence-electron chi connectivity index (χ0n) is 13.7. The normalized spacial score (nSPS) is 26.5. The van der Waals surface area contributed by atoms with E-state index >= 15 is 0 Å². The van der Waals surface area contributed by atoms with E-state index in [0.29, 0.717) is 24.4 Å². The predicted molar refractivity (Wildman–Crippen MR) is 92.0 cm³/mol. The molecule has 1 aliphatic rings. The summed E-state index contributed by atoms with van der Waals surface area (Å²) in [5, 5.41) is 7.20. The number of amides is 1. The van der Waals surface area contributed by atoms with E-state index in [1.54, 1.807) is 0 Å². The van der Waals surface area contributed by atoms with Crippen LogP contribution in [0.1, 0.15) is 51.6 Å². The molecule has 0 spiro atoms. The first-order valence-corrected chi connectivity index (χ1v) is 8.63. The van der Waals surface area contributed by atoms with Gasteiger partial charge in [-0.3, -0.25) is 4.79 Å². The molecule has 1 saturated carbocycles. The van der Waals surface area contributed by atoms with Crippen molar-refractivity contribution in [1.29, 1.82) is 0 Å². The van der Waals surface area contributed by atoms with E-state index in [2.05, 4.69) is 31.4 Å². The van der Waals surface area contributed by atoms with Crippen LogP contribution in [0, 0.1) is 11.8 Å². The average Bonchev–Trinajstić information content (AvgIpc) is 2.50. The lowest BCUT2D eigenvalue weighted by molar-refractivity contribution is -0.121. The third-order valence-electron chi connectivity index (χ3n) is 4.99. The molecule has 0 bridgehead atoms. The van der Waals surface area contributed by atoms with E-state index in [0.717, 1.165) is 17.0 Å². The fraction of sp³-hybridized carbons (Fsp3) is 0.611. The maximum Gasteiger partial charge on any atom is 0.234 e. The Morgan fingerprint density at radius 2 is 1.95 bits per heavy atom. The summed E-state index contributed by atoms with van der Waals surface area (Å²) in [5.74, 6) is 1.35. The summed E-state index contributed by atoms with van der Waals surface area (Å²) in [6, 6.07) is 8.18. The van der Waals surface area contributed by atoms with Gasteiger partial charge in [0, 0.05) is 17.1 Å². The molecule has 122 valence electrons. The molecule has 3 nitrogen and oxygen atoms in total. The van der Waals surface area contributed by atoms with Gasteiger partial charge in [-0.1, -0.05) is 50.4 Å². The monoisotopic (exact) mass is 322 g/mol. The highest BCUT2D eigenvalue weighted by atomic mass is 35.5. The minimum absolute atomic E-state index is 0.0896. The molecule has 0 heterocycles. The smallest absolute Gasteiger partial charge is 0.234 e. The summed E-state index contributed by atoms with van der Waals surface area (Å²) in [7, 11) is 0. The summed E-state index contributed by atoms with van der Waals surface area (Å²) >= 11 is 5.89. The Bertz CT molecular complexity index is 488. The first kappa shape index (κ1) is 17.3. The van der Waals surface area contributed by atoms with Gasteiger partial charge in [0.1, 0.15) is 0 Å². The van der Waals surface area contributed by atoms with E-state index in [-0.39, 0.29) is 11.9 Å². The van der Waals surface area contributed by atoms with Crippen molar-refractivity contribution in [3.8, 4) is 0 Å². The van der Waals surface area contributed by atoms with Crippen molar-refractivity contribution >= 4 is 17.5 Å². The highest BCUT2D eigenvalue weighted by Crippen LogP contribution is 2.29. The van der Waals surface area contributed by atoms with Crippen molar-refractivity contribution in [2.45, 2.75) is 52.1 Å². The molecule has 1 aliphatic carbocycles. The molecule has 0 saturated heterocycles. The molecule has 2 rings (SSSR count). The van der Waals surface area contributed by atoms with Gasteiger partial charge >= 0.3 is 0 Å². The molecule has 22 heavy (non-hydrogen) atoms. The summed E-state index contributed by atoms with van der Waals surface area (Å²) in [6.45, 7) is 6.94. The van der Waals surface area contributed by atoms with Crippen LogP contribution in [0.4, 0.5) is 0 Å². The lowest BCUT2D eigenvalue weighted by Gasteiger charge is -2.34. The largest absolute Gasteiger partial charge is 0.352 e. The van der Waals surface area contributed by atoms with Gasteiger partial charge in [0.2, 0.25) is 5.91 Å². The molecule has 0 aliphatic heterocycles. The van der Waals surface area contributed by atoms with Crippen molar-refractivity contribution in [2.75, 3.05) is 6.54 Å². The fourth-order valence-corrected chi connectivity index (χ4v) is 3.28. The zero-order valence-corrected chi connectivity index (χ0v) is 14.5. The van der Waals surface area contributed by atoms with Crippen LogP contribution in [0.3, 0.4) is 0 Å². The Balaban J connectivity index is 1.78. The summed E-state index contributed by atoms with van der Waals surface area (Å²) < 4.78 is 0. The molecule has 1 fully saturated rings. The van der Waals surface area contributed by atoms with Crippen LogP contribution in [0.5, 0.6) is 0 Å². The number of rotatable bonds is 5. The molecule has 1 amide bonds. The highest BCUT2D eigenvalue weighted by molar-refractivity contribution is 6.30. The second kappa shape index (κ2) is 7.98. The second-order valence-corrected chi connectivity index (χ2v) is 7.03. The van der Waals surface area contributed by atoms with Gasteiger partial charge in [-0.05, 0) is 42.9 Å². The van der Waals surface area contributed by atoms with E-state index in [9.17, 15) is 4.79 Å². The average molecular weight is 323 g/mol. The maximum atomic E-state index is 12.2. The molecule has 1 aromatic carbocycles. The Morgan fingerprint density at radius 1 is 1.27 bits per heavy atom. The molecule has 0 radical (unpaired) electrons. The maximum absolute atomic E-state index is 12.2. The third kappa shape index (κ3) is 4.72. The molecule has 0 unspecified atom stereocenters. The van der Waals surface area contributed by atoms with Crippen molar-refractivity contribution in [3.63, 3.8) is 0 Å². The number of hydrogen-bond donors (Lipinski definition) is 2. The Hall–Kier alpha value is -1.06. The highest BCUT2D eigenvalue weighted by Gasteiger charge is 2.27. The van der Waals surface area contributed by atoms with E-state index in [1.807, 2.05) is 24.3 Å². The van der Waals surface area contributed by atoms with Crippen LogP contribution >= 0.6 is 11.6 Å². The molecular formula is C18H27ClN2O. The van der Waals surface area contributed by atoms with E-state index < -0.39 is 0 Å². The number of carbonyl (C=O) groups is 1. The first-order valence-electron chi connectivity index (χ1n) is 8.25. The second-order valence-electron chi connectivity index (χ2n) is 6.60. The van der Waals surface area contributed by atoms with Crippen molar-refractivity contribution in [2.24, 2.45) is 11.8 Å². The summed E-state index contributed by atoms with van der Waals surface area (Å²) in [6.07, 6.45) is 3.59. The Kier molecular flexibility index (Phi) is 6.27. The van der Waals surface area contributed by atoms with Gasteiger partial charge in [0.05, 0.1) is 6.54 Å². The summed E-state index contributed by atoms with van der Waals surface area (Å²) in [4.78, 5) is 12.2. The van der Waals surface area contributed by atoms with Gasteiger partial charge in [0.25, 0.3) is 0 Å². The number of nitrogens with one attached hydrogen (secondary N) is 2. The van der Waals surface area contributed by atoms with Crippen LogP contribution in [0.15, 0.2) is 24.3 Å². The number of benzene rings is 1. The zero-order chi connectivity index (χ0) is 16.1. The number of hydrogen-bond acceptors (Lipinski definition) is 2. The number of halogens is 1. The Labute approximate surface area is 138 Å². The summed E-state index contributed by atoms with van der Waals surface area (Å²) in [5.41, 5.74) is 1.14. The van der Waals surface area contributed by atoms with E-state index in [4.69, 9.17) is 11.6 Å². The van der Waals surface area contributed by atoms with Crippen LogP contribution in [-0.2, 0) is 4.79 Å².